The number of hydrogen-bond acceptors (Lipinski definition) is 4. The number of hydrogen-bond donors (Lipinski definition) is 2. The zero-order valence-corrected chi connectivity index (χ0v) is 16.4. The molecule has 0 spiro atoms. The molecule has 1 aliphatic heterocycles. The van der Waals surface area contributed by atoms with E-state index in [2.05, 4.69) is 10.6 Å². The van der Waals surface area contributed by atoms with Crippen LogP contribution >= 0.6 is 0 Å². The zero-order valence-electron chi connectivity index (χ0n) is 16.4. The van der Waals surface area contributed by atoms with Crippen LogP contribution in [-0.4, -0.2) is 42.4 Å². The van der Waals surface area contributed by atoms with E-state index >= 15 is 0 Å². The first kappa shape index (κ1) is 20.0. The van der Waals surface area contributed by atoms with E-state index in [9.17, 15) is 14.4 Å². The van der Waals surface area contributed by atoms with Gasteiger partial charge < -0.3 is 15.4 Å². The van der Waals surface area contributed by atoms with Crippen molar-refractivity contribution in [2.45, 2.75) is 45.4 Å². The second-order valence-electron chi connectivity index (χ2n) is 7.69. The van der Waals surface area contributed by atoms with Gasteiger partial charge in [0.15, 0.2) is 5.78 Å². The largest absolute Gasteiger partial charge is 0.368 e. The number of nitrogens with one attached hydrogen (secondary N) is 2. The highest BCUT2D eigenvalue weighted by molar-refractivity contribution is 6.01. The van der Waals surface area contributed by atoms with Crippen LogP contribution in [0.2, 0.25) is 0 Å². The van der Waals surface area contributed by atoms with Crippen molar-refractivity contribution in [3.8, 4) is 0 Å². The summed E-state index contributed by atoms with van der Waals surface area (Å²) in [6, 6.07) is 11.8. The highest BCUT2D eigenvalue weighted by Crippen LogP contribution is 2.16. The highest BCUT2D eigenvalue weighted by atomic mass is 16.5. The van der Waals surface area contributed by atoms with E-state index in [1.54, 1.807) is 13.0 Å². The van der Waals surface area contributed by atoms with Crippen LogP contribution in [0.3, 0.4) is 0 Å². The van der Waals surface area contributed by atoms with E-state index in [0.29, 0.717) is 12.0 Å². The number of benzene rings is 2. The minimum absolute atomic E-state index is 0.00437. The van der Waals surface area contributed by atoms with Gasteiger partial charge in [0.25, 0.3) is 5.91 Å². The van der Waals surface area contributed by atoms with E-state index in [1.165, 1.54) is 0 Å². The summed E-state index contributed by atoms with van der Waals surface area (Å²) in [5.41, 5.74) is 0.494. The SMILES string of the molecule is CC(C)CC(NC(=O)c1ccc2ccccc2c1)C(=O)N[C@@H]1C(=O)CO[C@@H]1C. The topological polar surface area (TPSA) is 84.5 Å². The third-order valence-corrected chi connectivity index (χ3v) is 4.94. The Kier molecular flexibility index (Phi) is 6.09. The van der Waals surface area contributed by atoms with Crippen molar-refractivity contribution in [2.24, 2.45) is 5.92 Å². The molecule has 3 atom stereocenters. The lowest BCUT2D eigenvalue weighted by atomic mass is 10.0. The van der Waals surface area contributed by atoms with Gasteiger partial charge in [0, 0.05) is 5.56 Å². The summed E-state index contributed by atoms with van der Waals surface area (Å²) < 4.78 is 5.28. The number of fused-ring (bicyclic) bond motifs is 1. The van der Waals surface area contributed by atoms with Gasteiger partial charge in [-0.15, -0.1) is 0 Å². The molecule has 2 aromatic rings. The van der Waals surface area contributed by atoms with Crippen LogP contribution in [0.1, 0.15) is 37.6 Å². The molecule has 0 saturated carbocycles. The second-order valence-corrected chi connectivity index (χ2v) is 7.69. The molecular formula is C22H26N2O4. The Labute approximate surface area is 164 Å². The van der Waals surface area contributed by atoms with Crippen molar-refractivity contribution in [1.82, 2.24) is 10.6 Å². The number of amides is 2. The van der Waals surface area contributed by atoms with Crippen molar-refractivity contribution in [3.05, 3.63) is 48.0 Å². The number of rotatable bonds is 6. The van der Waals surface area contributed by atoms with Crippen LogP contribution in [-0.2, 0) is 14.3 Å². The minimum Gasteiger partial charge on any atom is -0.368 e. The van der Waals surface area contributed by atoms with Crippen molar-refractivity contribution < 1.29 is 19.1 Å². The standard InChI is InChI=1S/C22H26N2O4/c1-13(2)10-18(22(27)24-20-14(3)28-12-19(20)25)23-21(26)17-9-8-15-6-4-5-7-16(15)11-17/h4-9,11,13-14,18,20H,10,12H2,1-3H3,(H,23,26)(H,24,27)/t14-,18?,20+/m1/s1. The Bertz CT molecular complexity index is 893. The van der Waals surface area contributed by atoms with Crippen molar-refractivity contribution in [3.63, 3.8) is 0 Å². The van der Waals surface area contributed by atoms with Crippen LogP contribution in [0, 0.1) is 5.92 Å². The molecule has 1 heterocycles. The predicted octanol–water partition coefficient (Wildman–Crippen LogP) is 2.46. The molecule has 1 unspecified atom stereocenters. The third kappa shape index (κ3) is 4.57. The molecule has 28 heavy (non-hydrogen) atoms. The van der Waals surface area contributed by atoms with Gasteiger partial charge >= 0.3 is 0 Å². The number of carbonyl (C=O) groups excluding carboxylic acids is 3. The van der Waals surface area contributed by atoms with Gasteiger partial charge in [-0.1, -0.05) is 44.2 Å². The maximum atomic E-state index is 12.8. The number of carbonyl (C=O) groups is 3. The zero-order chi connectivity index (χ0) is 20.3. The lowest BCUT2D eigenvalue weighted by Crippen LogP contribution is -2.53. The van der Waals surface area contributed by atoms with E-state index in [0.717, 1.165) is 10.8 Å². The highest BCUT2D eigenvalue weighted by Gasteiger charge is 2.35. The average Bonchev–Trinajstić information content (AvgIpc) is 2.98. The third-order valence-electron chi connectivity index (χ3n) is 4.94. The average molecular weight is 382 g/mol. The number of Topliss-reactive ketones (excluding diaryl/α,β-unsaturated/α-hetero) is 1. The van der Waals surface area contributed by atoms with Crippen molar-refractivity contribution >= 4 is 28.4 Å². The minimum atomic E-state index is -0.723. The smallest absolute Gasteiger partial charge is 0.251 e. The molecule has 2 amide bonds. The van der Waals surface area contributed by atoms with Crippen LogP contribution in [0.15, 0.2) is 42.5 Å². The van der Waals surface area contributed by atoms with Crippen molar-refractivity contribution in [1.29, 1.82) is 0 Å². The second kappa shape index (κ2) is 8.52. The fourth-order valence-electron chi connectivity index (χ4n) is 3.39. The lowest BCUT2D eigenvalue weighted by Gasteiger charge is -2.23. The Morgan fingerprint density at radius 1 is 1.14 bits per heavy atom. The van der Waals surface area contributed by atoms with E-state index in [1.807, 2.05) is 50.2 Å². The molecule has 3 rings (SSSR count). The van der Waals surface area contributed by atoms with Crippen LogP contribution < -0.4 is 10.6 Å². The molecule has 1 saturated heterocycles. The molecule has 6 nitrogen and oxygen atoms in total. The van der Waals surface area contributed by atoms with E-state index in [-0.39, 0.29) is 36.2 Å². The van der Waals surface area contributed by atoms with Gasteiger partial charge in [-0.2, -0.15) is 0 Å². The van der Waals surface area contributed by atoms with E-state index in [4.69, 9.17) is 4.74 Å². The molecular weight excluding hydrogens is 356 g/mol. The fraction of sp³-hybridized carbons (Fsp3) is 0.409. The Morgan fingerprint density at radius 3 is 2.50 bits per heavy atom. The summed E-state index contributed by atoms with van der Waals surface area (Å²) >= 11 is 0. The monoisotopic (exact) mass is 382 g/mol. The van der Waals surface area contributed by atoms with Crippen LogP contribution in [0.25, 0.3) is 10.8 Å². The predicted molar refractivity (Wildman–Crippen MR) is 107 cm³/mol. The molecule has 2 N–H and O–H groups in total. The molecule has 1 aliphatic rings. The normalized spacial score (nSPS) is 20.4. The molecule has 1 fully saturated rings. The van der Waals surface area contributed by atoms with Gasteiger partial charge in [-0.05, 0) is 42.2 Å². The number of ether oxygens (including phenoxy) is 1. The molecule has 0 aliphatic carbocycles. The van der Waals surface area contributed by atoms with Gasteiger partial charge in [0.05, 0.1) is 6.10 Å². The van der Waals surface area contributed by atoms with Gasteiger partial charge in [-0.3, -0.25) is 14.4 Å². The molecule has 148 valence electrons. The maximum Gasteiger partial charge on any atom is 0.251 e. The first-order valence-corrected chi connectivity index (χ1v) is 9.59. The van der Waals surface area contributed by atoms with Crippen LogP contribution in [0.5, 0.6) is 0 Å². The van der Waals surface area contributed by atoms with Gasteiger partial charge in [0.2, 0.25) is 5.91 Å². The van der Waals surface area contributed by atoms with Gasteiger partial charge in [0.1, 0.15) is 18.7 Å². The van der Waals surface area contributed by atoms with Crippen LogP contribution in [0.4, 0.5) is 0 Å². The Hall–Kier alpha value is -2.73. The molecule has 0 aromatic heterocycles. The van der Waals surface area contributed by atoms with E-state index < -0.39 is 12.1 Å². The maximum absolute atomic E-state index is 12.8. The van der Waals surface area contributed by atoms with Gasteiger partial charge in [-0.25, -0.2) is 0 Å². The summed E-state index contributed by atoms with van der Waals surface area (Å²) in [6.07, 6.45) is 0.105. The van der Waals surface area contributed by atoms with Crippen molar-refractivity contribution in [2.75, 3.05) is 6.61 Å². The summed E-state index contributed by atoms with van der Waals surface area (Å²) in [6.45, 7) is 5.72. The Balaban J connectivity index is 1.74. The summed E-state index contributed by atoms with van der Waals surface area (Å²) in [5.74, 6) is -0.627. The fourth-order valence-corrected chi connectivity index (χ4v) is 3.39. The Morgan fingerprint density at radius 2 is 1.86 bits per heavy atom. The summed E-state index contributed by atoms with van der Waals surface area (Å²) in [7, 11) is 0. The summed E-state index contributed by atoms with van der Waals surface area (Å²) in [5, 5.41) is 7.58. The first-order valence-electron chi connectivity index (χ1n) is 9.59. The molecule has 2 aromatic carbocycles. The summed E-state index contributed by atoms with van der Waals surface area (Å²) in [4.78, 5) is 37.4. The molecule has 6 heteroatoms. The first-order chi connectivity index (χ1) is 13.3. The number of ketones is 1. The molecule has 0 bridgehead atoms. The molecule has 0 radical (unpaired) electrons. The lowest BCUT2D eigenvalue weighted by molar-refractivity contribution is -0.127. The quantitative estimate of drug-likeness (QED) is 0.804.